The molecule has 0 N–H and O–H groups in total. The summed E-state index contributed by atoms with van der Waals surface area (Å²) in [5.74, 6) is 1.64. The van der Waals surface area contributed by atoms with Crippen LogP contribution < -0.4 is 4.74 Å². The monoisotopic (exact) mass is 311 g/mol. The van der Waals surface area contributed by atoms with E-state index >= 15 is 0 Å². The molecule has 0 saturated carbocycles. The molecular formula is C14H22ClN5O. The van der Waals surface area contributed by atoms with E-state index in [-0.39, 0.29) is 0 Å². The third kappa shape index (κ3) is 3.44. The Labute approximate surface area is 130 Å². The van der Waals surface area contributed by atoms with Crippen LogP contribution in [0.5, 0.6) is 5.88 Å². The summed E-state index contributed by atoms with van der Waals surface area (Å²) in [7, 11) is 3.71. The third-order valence-corrected chi connectivity index (χ3v) is 3.90. The SMILES string of the molecule is COc1ncnc2c1nc(CCl)n2CCCN(C)C(C)C. The Morgan fingerprint density at radius 2 is 2.14 bits per heavy atom. The van der Waals surface area contributed by atoms with Crippen molar-refractivity contribution in [3.8, 4) is 5.88 Å². The fourth-order valence-electron chi connectivity index (χ4n) is 2.18. The van der Waals surface area contributed by atoms with Crippen LogP contribution in [0.2, 0.25) is 0 Å². The lowest BCUT2D eigenvalue weighted by molar-refractivity contribution is 0.265. The number of imidazole rings is 1. The highest BCUT2D eigenvalue weighted by Gasteiger charge is 2.15. The minimum Gasteiger partial charge on any atom is -0.479 e. The first-order valence-electron chi connectivity index (χ1n) is 7.08. The molecule has 7 heteroatoms. The van der Waals surface area contributed by atoms with Crippen LogP contribution >= 0.6 is 11.6 Å². The Hall–Kier alpha value is -1.40. The van der Waals surface area contributed by atoms with Gasteiger partial charge in [-0.15, -0.1) is 11.6 Å². The molecule has 0 aliphatic heterocycles. The average Bonchev–Trinajstić information content (AvgIpc) is 2.85. The molecule has 21 heavy (non-hydrogen) atoms. The predicted octanol–water partition coefficient (Wildman–Crippen LogP) is 2.30. The number of fused-ring (bicyclic) bond motifs is 1. The first-order valence-corrected chi connectivity index (χ1v) is 7.62. The van der Waals surface area contributed by atoms with Crippen molar-refractivity contribution in [2.45, 2.75) is 38.7 Å². The van der Waals surface area contributed by atoms with Gasteiger partial charge in [-0.2, -0.15) is 4.98 Å². The average molecular weight is 312 g/mol. The van der Waals surface area contributed by atoms with Gasteiger partial charge in [-0.05, 0) is 33.9 Å². The fraction of sp³-hybridized carbons (Fsp3) is 0.643. The second kappa shape index (κ2) is 7.04. The van der Waals surface area contributed by atoms with E-state index < -0.39 is 0 Å². The molecule has 0 unspecified atom stereocenters. The normalized spacial score (nSPS) is 11.8. The second-order valence-electron chi connectivity index (χ2n) is 5.30. The van der Waals surface area contributed by atoms with Crippen molar-refractivity contribution in [3.63, 3.8) is 0 Å². The van der Waals surface area contributed by atoms with Crippen LogP contribution in [0.1, 0.15) is 26.1 Å². The molecule has 0 amide bonds. The summed E-state index contributed by atoms with van der Waals surface area (Å²) in [5.41, 5.74) is 1.46. The summed E-state index contributed by atoms with van der Waals surface area (Å²) >= 11 is 6.01. The summed E-state index contributed by atoms with van der Waals surface area (Å²) < 4.78 is 7.29. The standard InChI is InChI=1S/C14H22ClN5O/c1-10(2)19(3)6-5-7-20-11(8-15)18-12-13(20)16-9-17-14(12)21-4/h9-10H,5-8H2,1-4H3. The van der Waals surface area contributed by atoms with E-state index in [1.165, 1.54) is 6.33 Å². The fourth-order valence-corrected chi connectivity index (χ4v) is 2.39. The highest BCUT2D eigenvalue weighted by Crippen LogP contribution is 2.22. The maximum Gasteiger partial charge on any atom is 0.245 e. The van der Waals surface area contributed by atoms with Crippen molar-refractivity contribution in [2.24, 2.45) is 0 Å². The minimum atomic E-state index is 0.347. The Balaban J connectivity index is 2.22. The van der Waals surface area contributed by atoms with Crippen molar-refractivity contribution in [3.05, 3.63) is 12.2 Å². The number of alkyl halides is 1. The molecule has 0 bridgehead atoms. The summed E-state index contributed by atoms with van der Waals surface area (Å²) in [5, 5.41) is 0. The molecule has 0 aromatic carbocycles. The number of nitrogens with zero attached hydrogens (tertiary/aromatic N) is 5. The Kier molecular flexibility index (Phi) is 5.36. The van der Waals surface area contributed by atoms with Crippen molar-refractivity contribution in [1.82, 2.24) is 24.4 Å². The molecule has 0 saturated heterocycles. The van der Waals surface area contributed by atoms with Crippen LogP contribution in [0.15, 0.2) is 6.33 Å². The topological polar surface area (TPSA) is 56.1 Å². The molecule has 0 aliphatic rings. The number of rotatable bonds is 7. The van der Waals surface area contributed by atoms with E-state index in [2.05, 4.69) is 45.3 Å². The van der Waals surface area contributed by atoms with Crippen LogP contribution in [0, 0.1) is 0 Å². The molecule has 0 aliphatic carbocycles. The van der Waals surface area contributed by atoms with E-state index in [1.807, 2.05) is 0 Å². The van der Waals surface area contributed by atoms with Gasteiger partial charge in [-0.3, -0.25) is 0 Å². The number of aromatic nitrogens is 4. The lowest BCUT2D eigenvalue weighted by Crippen LogP contribution is -2.28. The molecule has 2 aromatic rings. The summed E-state index contributed by atoms with van der Waals surface area (Å²) in [6, 6.07) is 0.541. The minimum absolute atomic E-state index is 0.347. The number of halogens is 1. The van der Waals surface area contributed by atoms with Crippen molar-refractivity contribution in [2.75, 3.05) is 20.7 Å². The van der Waals surface area contributed by atoms with E-state index in [0.717, 1.165) is 31.0 Å². The van der Waals surface area contributed by atoms with Crippen LogP contribution in [-0.4, -0.2) is 51.2 Å². The first kappa shape index (κ1) is 16.0. The molecule has 2 heterocycles. The summed E-state index contributed by atoms with van der Waals surface area (Å²) in [6.07, 6.45) is 2.51. The van der Waals surface area contributed by atoms with E-state index in [9.17, 15) is 0 Å². The summed E-state index contributed by atoms with van der Waals surface area (Å²) in [4.78, 5) is 15.2. The van der Waals surface area contributed by atoms with E-state index in [0.29, 0.717) is 23.3 Å². The zero-order valence-corrected chi connectivity index (χ0v) is 13.8. The second-order valence-corrected chi connectivity index (χ2v) is 5.56. The molecule has 0 fully saturated rings. The number of ether oxygens (including phenoxy) is 1. The first-order chi connectivity index (χ1) is 10.1. The lowest BCUT2D eigenvalue weighted by Gasteiger charge is -2.21. The maximum absolute atomic E-state index is 6.01. The van der Waals surface area contributed by atoms with Crippen LogP contribution in [0.25, 0.3) is 11.2 Å². The molecule has 2 rings (SSSR count). The highest BCUT2D eigenvalue weighted by atomic mass is 35.5. The number of hydrogen-bond acceptors (Lipinski definition) is 5. The number of methoxy groups -OCH3 is 1. The van der Waals surface area contributed by atoms with Gasteiger partial charge < -0.3 is 14.2 Å². The number of aryl methyl sites for hydroxylation is 1. The maximum atomic E-state index is 6.01. The van der Waals surface area contributed by atoms with Gasteiger partial charge in [0.2, 0.25) is 5.88 Å². The molecular weight excluding hydrogens is 290 g/mol. The summed E-state index contributed by atoms with van der Waals surface area (Å²) in [6.45, 7) is 6.22. The Bertz CT molecular complexity index is 598. The molecule has 0 radical (unpaired) electrons. The molecule has 2 aromatic heterocycles. The van der Waals surface area contributed by atoms with Crippen molar-refractivity contribution < 1.29 is 4.74 Å². The van der Waals surface area contributed by atoms with Gasteiger partial charge in [0.25, 0.3) is 0 Å². The Morgan fingerprint density at radius 3 is 2.76 bits per heavy atom. The predicted molar refractivity (Wildman–Crippen MR) is 83.8 cm³/mol. The van der Waals surface area contributed by atoms with Crippen LogP contribution in [0.3, 0.4) is 0 Å². The van der Waals surface area contributed by atoms with Gasteiger partial charge in [-0.25, -0.2) is 9.97 Å². The van der Waals surface area contributed by atoms with Crippen molar-refractivity contribution in [1.29, 1.82) is 0 Å². The van der Waals surface area contributed by atoms with Gasteiger partial charge in [-0.1, -0.05) is 0 Å². The smallest absolute Gasteiger partial charge is 0.245 e. The third-order valence-electron chi connectivity index (χ3n) is 3.66. The number of hydrogen-bond donors (Lipinski definition) is 0. The molecule has 6 nitrogen and oxygen atoms in total. The highest BCUT2D eigenvalue weighted by molar-refractivity contribution is 6.16. The van der Waals surface area contributed by atoms with Gasteiger partial charge >= 0.3 is 0 Å². The van der Waals surface area contributed by atoms with Gasteiger partial charge in [0, 0.05) is 12.6 Å². The van der Waals surface area contributed by atoms with Gasteiger partial charge in [0.1, 0.15) is 12.2 Å². The molecule has 0 atom stereocenters. The zero-order chi connectivity index (χ0) is 15.4. The zero-order valence-electron chi connectivity index (χ0n) is 13.0. The van der Waals surface area contributed by atoms with Crippen molar-refractivity contribution >= 4 is 22.8 Å². The van der Waals surface area contributed by atoms with Gasteiger partial charge in [0.05, 0.1) is 13.0 Å². The quantitative estimate of drug-likeness (QED) is 0.734. The van der Waals surface area contributed by atoms with E-state index in [4.69, 9.17) is 16.3 Å². The molecule has 116 valence electrons. The molecule has 0 spiro atoms. The van der Waals surface area contributed by atoms with Crippen LogP contribution in [-0.2, 0) is 12.4 Å². The Morgan fingerprint density at radius 1 is 1.38 bits per heavy atom. The van der Waals surface area contributed by atoms with Gasteiger partial charge in [0.15, 0.2) is 11.2 Å². The van der Waals surface area contributed by atoms with E-state index in [1.54, 1.807) is 7.11 Å². The van der Waals surface area contributed by atoms with Crippen LogP contribution in [0.4, 0.5) is 0 Å². The lowest BCUT2D eigenvalue weighted by atomic mass is 10.3. The largest absolute Gasteiger partial charge is 0.479 e.